The molecule has 0 unspecified atom stereocenters. The lowest BCUT2D eigenvalue weighted by atomic mass is 10.1. The first-order chi connectivity index (χ1) is 6.70. The molecule has 0 amide bonds. The Kier molecular flexibility index (Phi) is 4.81. The summed E-state index contributed by atoms with van der Waals surface area (Å²) in [6.07, 6.45) is 2.29. The third kappa shape index (κ3) is 4.01. The fraction of sp³-hybridized carbons (Fsp3) is 0.500. The molecule has 0 aliphatic rings. The molecule has 1 aromatic rings. The molecular formula is C12H17ClO. The Labute approximate surface area is 91.0 Å². The molecule has 0 N–H and O–H groups in total. The van der Waals surface area contributed by atoms with Crippen LogP contribution >= 0.6 is 11.6 Å². The summed E-state index contributed by atoms with van der Waals surface area (Å²) in [7, 11) is 0. The van der Waals surface area contributed by atoms with Crippen LogP contribution in [0.3, 0.4) is 0 Å². The molecule has 14 heavy (non-hydrogen) atoms. The molecule has 0 radical (unpaired) electrons. The maximum absolute atomic E-state index is 5.94. The summed E-state index contributed by atoms with van der Waals surface area (Å²) in [6.45, 7) is 5.19. The molecule has 0 aliphatic heterocycles. The van der Waals surface area contributed by atoms with Gasteiger partial charge in [-0.2, -0.15) is 0 Å². The highest BCUT2D eigenvalue weighted by atomic mass is 35.5. The van der Waals surface area contributed by atoms with E-state index in [0.717, 1.165) is 24.7 Å². The van der Waals surface area contributed by atoms with Crippen molar-refractivity contribution in [3.05, 3.63) is 29.3 Å². The maximum atomic E-state index is 5.94. The zero-order chi connectivity index (χ0) is 10.4. The summed E-state index contributed by atoms with van der Waals surface area (Å²) in [6, 6.07) is 7.59. The lowest BCUT2D eigenvalue weighted by Crippen LogP contribution is -1.99. The number of hydrogen-bond acceptors (Lipinski definition) is 1. The Morgan fingerprint density at radius 1 is 1.29 bits per heavy atom. The number of ether oxygens (including phenoxy) is 1. The van der Waals surface area contributed by atoms with Gasteiger partial charge < -0.3 is 4.74 Å². The molecule has 0 aliphatic carbocycles. The van der Waals surface area contributed by atoms with Crippen LogP contribution in [-0.4, -0.2) is 6.61 Å². The van der Waals surface area contributed by atoms with Gasteiger partial charge in [-0.25, -0.2) is 0 Å². The number of hydrogen-bond donors (Lipinski definition) is 0. The average Bonchev–Trinajstić information content (AvgIpc) is 2.15. The van der Waals surface area contributed by atoms with E-state index in [1.807, 2.05) is 24.3 Å². The van der Waals surface area contributed by atoms with Gasteiger partial charge in [-0.1, -0.05) is 37.6 Å². The van der Waals surface area contributed by atoms with Gasteiger partial charge in [0.15, 0.2) is 0 Å². The summed E-state index contributed by atoms with van der Waals surface area (Å²) in [5.41, 5.74) is 0. The van der Waals surface area contributed by atoms with Crippen molar-refractivity contribution in [2.45, 2.75) is 26.7 Å². The first-order valence-corrected chi connectivity index (χ1v) is 5.45. The standard InChI is InChI=1S/C12H17ClO/c1-10(2)6-5-9-14-12-8-4-3-7-11(12)13/h3-4,7-8,10H,5-6,9H2,1-2H3. The minimum atomic E-state index is 0.692. The van der Waals surface area contributed by atoms with Crippen LogP contribution < -0.4 is 4.74 Å². The quantitative estimate of drug-likeness (QED) is 0.667. The Bertz CT molecular complexity index is 271. The van der Waals surface area contributed by atoms with E-state index >= 15 is 0 Å². The van der Waals surface area contributed by atoms with E-state index < -0.39 is 0 Å². The second-order valence-corrected chi connectivity index (χ2v) is 4.22. The fourth-order valence-electron chi connectivity index (χ4n) is 1.24. The SMILES string of the molecule is CC(C)CCCOc1ccccc1Cl. The predicted molar refractivity (Wildman–Crippen MR) is 61.0 cm³/mol. The van der Waals surface area contributed by atoms with Gasteiger partial charge in [0.2, 0.25) is 0 Å². The Morgan fingerprint density at radius 2 is 2.00 bits per heavy atom. The molecule has 1 rings (SSSR count). The van der Waals surface area contributed by atoms with Gasteiger partial charge in [-0.05, 0) is 30.9 Å². The van der Waals surface area contributed by atoms with E-state index in [-0.39, 0.29) is 0 Å². The third-order valence-corrected chi connectivity index (χ3v) is 2.33. The van der Waals surface area contributed by atoms with Crippen molar-refractivity contribution >= 4 is 11.6 Å². The normalized spacial score (nSPS) is 10.6. The molecule has 0 atom stereocenters. The molecule has 0 bridgehead atoms. The number of benzene rings is 1. The monoisotopic (exact) mass is 212 g/mol. The van der Waals surface area contributed by atoms with Crippen molar-refractivity contribution in [2.24, 2.45) is 5.92 Å². The van der Waals surface area contributed by atoms with Crippen LogP contribution in [0.25, 0.3) is 0 Å². The van der Waals surface area contributed by atoms with Crippen LogP contribution in [0, 0.1) is 5.92 Å². The van der Waals surface area contributed by atoms with E-state index in [1.165, 1.54) is 6.42 Å². The second-order valence-electron chi connectivity index (χ2n) is 3.81. The largest absolute Gasteiger partial charge is 0.492 e. The Morgan fingerprint density at radius 3 is 2.64 bits per heavy atom. The first kappa shape index (κ1) is 11.4. The van der Waals surface area contributed by atoms with Gasteiger partial charge in [-0.15, -0.1) is 0 Å². The van der Waals surface area contributed by atoms with Crippen molar-refractivity contribution < 1.29 is 4.74 Å². The first-order valence-electron chi connectivity index (χ1n) is 5.07. The fourth-order valence-corrected chi connectivity index (χ4v) is 1.43. The van der Waals surface area contributed by atoms with E-state index in [2.05, 4.69) is 13.8 Å². The zero-order valence-electron chi connectivity index (χ0n) is 8.79. The highest BCUT2D eigenvalue weighted by molar-refractivity contribution is 6.32. The minimum absolute atomic E-state index is 0.692. The molecule has 1 nitrogen and oxygen atoms in total. The highest BCUT2D eigenvalue weighted by Gasteiger charge is 1.99. The maximum Gasteiger partial charge on any atom is 0.137 e. The highest BCUT2D eigenvalue weighted by Crippen LogP contribution is 2.23. The van der Waals surface area contributed by atoms with E-state index in [1.54, 1.807) is 0 Å². The number of rotatable bonds is 5. The molecule has 1 aromatic carbocycles. The average molecular weight is 213 g/mol. The van der Waals surface area contributed by atoms with Crippen molar-refractivity contribution in [2.75, 3.05) is 6.61 Å². The van der Waals surface area contributed by atoms with Gasteiger partial charge >= 0.3 is 0 Å². The molecule has 0 spiro atoms. The lowest BCUT2D eigenvalue weighted by Gasteiger charge is -2.08. The molecule has 0 fully saturated rings. The molecule has 0 saturated carbocycles. The molecular weight excluding hydrogens is 196 g/mol. The summed E-state index contributed by atoms with van der Waals surface area (Å²) < 4.78 is 5.56. The summed E-state index contributed by atoms with van der Waals surface area (Å²) in [5, 5.41) is 0.692. The summed E-state index contributed by atoms with van der Waals surface area (Å²) in [4.78, 5) is 0. The van der Waals surface area contributed by atoms with Crippen molar-refractivity contribution in [3.8, 4) is 5.75 Å². The van der Waals surface area contributed by atoms with Gasteiger partial charge in [0.25, 0.3) is 0 Å². The van der Waals surface area contributed by atoms with Crippen molar-refractivity contribution in [3.63, 3.8) is 0 Å². The van der Waals surface area contributed by atoms with Crippen LogP contribution in [0.1, 0.15) is 26.7 Å². The van der Waals surface area contributed by atoms with Crippen molar-refractivity contribution in [1.29, 1.82) is 0 Å². The topological polar surface area (TPSA) is 9.23 Å². The number of para-hydroxylation sites is 1. The van der Waals surface area contributed by atoms with Crippen molar-refractivity contribution in [1.82, 2.24) is 0 Å². The lowest BCUT2D eigenvalue weighted by molar-refractivity contribution is 0.298. The summed E-state index contributed by atoms with van der Waals surface area (Å²) >= 11 is 5.94. The summed E-state index contributed by atoms with van der Waals surface area (Å²) in [5.74, 6) is 1.53. The third-order valence-electron chi connectivity index (χ3n) is 2.02. The smallest absolute Gasteiger partial charge is 0.137 e. The molecule has 78 valence electrons. The predicted octanol–water partition coefficient (Wildman–Crippen LogP) is 4.16. The van der Waals surface area contributed by atoms with Crippen LogP contribution in [-0.2, 0) is 0 Å². The van der Waals surface area contributed by atoms with Gasteiger partial charge in [0.05, 0.1) is 11.6 Å². The van der Waals surface area contributed by atoms with E-state index in [0.29, 0.717) is 5.02 Å². The van der Waals surface area contributed by atoms with Crippen LogP contribution in [0.15, 0.2) is 24.3 Å². The van der Waals surface area contributed by atoms with Gasteiger partial charge in [0, 0.05) is 0 Å². The van der Waals surface area contributed by atoms with Crippen LogP contribution in [0.4, 0.5) is 0 Å². The molecule has 0 heterocycles. The molecule has 2 heteroatoms. The van der Waals surface area contributed by atoms with Gasteiger partial charge in [0.1, 0.15) is 5.75 Å². The van der Waals surface area contributed by atoms with E-state index in [9.17, 15) is 0 Å². The zero-order valence-corrected chi connectivity index (χ0v) is 9.55. The van der Waals surface area contributed by atoms with E-state index in [4.69, 9.17) is 16.3 Å². The van der Waals surface area contributed by atoms with Crippen LogP contribution in [0.5, 0.6) is 5.75 Å². The Hall–Kier alpha value is -0.690. The molecule has 0 aromatic heterocycles. The minimum Gasteiger partial charge on any atom is -0.492 e. The van der Waals surface area contributed by atoms with Gasteiger partial charge in [-0.3, -0.25) is 0 Å². The number of halogens is 1. The Balaban J connectivity index is 2.28. The second kappa shape index (κ2) is 5.92. The van der Waals surface area contributed by atoms with Crippen LogP contribution in [0.2, 0.25) is 5.02 Å². The molecule has 0 saturated heterocycles.